The van der Waals surface area contributed by atoms with E-state index in [1.165, 1.54) is 4.88 Å². The lowest BCUT2D eigenvalue weighted by Crippen LogP contribution is -2.36. The van der Waals surface area contributed by atoms with E-state index < -0.39 is 0 Å². The quantitative estimate of drug-likeness (QED) is 0.678. The highest BCUT2D eigenvalue weighted by Crippen LogP contribution is 2.24. The summed E-state index contributed by atoms with van der Waals surface area (Å²) in [5.74, 6) is 0. The van der Waals surface area contributed by atoms with Gasteiger partial charge in [0.25, 0.3) is 0 Å². The average Bonchev–Trinajstić information content (AvgIpc) is 3.29. The van der Waals surface area contributed by atoms with Crippen LogP contribution in [0.3, 0.4) is 0 Å². The standard InChI is InChI=1S/C18H20N4OS2/c1-22(2)15(16-4-3-10-24-16)12-20-18(23)21-14-7-5-13(6-8-14)17-19-9-11-25-17/h3-11,15H,12H2,1-2H3,(H2,20,21,23). The van der Waals surface area contributed by atoms with Crippen LogP contribution in [0.5, 0.6) is 0 Å². The van der Waals surface area contributed by atoms with Gasteiger partial charge in [-0.05, 0) is 49.8 Å². The highest BCUT2D eigenvalue weighted by Gasteiger charge is 2.16. The van der Waals surface area contributed by atoms with Crippen molar-refractivity contribution in [2.75, 3.05) is 26.0 Å². The number of hydrogen-bond donors (Lipinski definition) is 2. The van der Waals surface area contributed by atoms with Crippen LogP contribution in [0.15, 0.2) is 53.4 Å². The molecule has 2 heterocycles. The molecular formula is C18H20N4OS2. The lowest BCUT2D eigenvalue weighted by Gasteiger charge is -2.23. The van der Waals surface area contributed by atoms with Crippen molar-refractivity contribution in [2.45, 2.75) is 6.04 Å². The summed E-state index contributed by atoms with van der Waals surface area (Å²) in [5, 5.41) is 10.8. The van der Waals surface area contributed by atoms with E-state index in [-0.39, 0.29) is 12.1 Å². The van der Waals surface area contributed by atoms with Gasteiger partial charge in [-0.3, -0.25) is 0 Å². The molecular weight excluding hydrogens is 352 g/mol. The van der Waals surface area contributed by atoms with Crippen LogP contribution in [0.1, 0.15) is 10.9 Å². The first kappa shape index (κ1) is 17.6. The van der Waals surface area contributed by atoms with Gasteiger partial charge in [-0.1, -0.05) is 6.07 Å². The molecule has 0 aliphatic carbocycles. The third-order valence-electron chi connectivity index (χ3n) is 3.77. The summed E-state index contributed by atoms with van der Waals surface area (Å²) in [6.07, 6.45) is 1.79. The summed E-state index contributed by atoms with van der Waals surface area (Å²) in [5.41, 5.74) is 1.81. The minimum absolute atomic E-state index is 0.165. The minimum Gasteiger partial charge on any atom is -0.336 e. The molecule has 1 aromatic carbocycles. The fourth-order valence-corrected chi connectivity index (χ4v) is 4.01. The monoisotopic (exact) mass is 372 g/mol. The smallest absolute Gasteiger partial charge is 0.319 e. The summed E-state index contributed by atoms with van der Waals surface area (Å²) in [6.45, 7) is 0.552. The summed E-state index contributed by atoms with van der Waals surface area (Å²) in [6, 6.07) is 11.8. The Bertz CT molecular complexity index is 783. The van der Waals surface area contributed by atoms with Crippen LogP contribution < -0.4 is 10.6 Å². The van der Waals surface area contributed by atoms with Gasteiger partial charge in [0.2, 0.25) is 0 Å². The second kappa shape index (κ2) is 8.24. The molecule has 0 bridgehead atoms. The van der Waals surface area contributed by atoms with E-state index in [9.17, 15) is 4.79 Å². The third kappa shape index (κ3) is 4.66. The first-order valence-electron chi connectivity index (χ1n) is 7.88. The molecule has 0 aliphatic heterocycles. The van der Waals surface area contributed by atoms with Crippen LogP contribution in [0.2, 0.25) is 0 Å². The molecule has 0 saturated heterocycles. The zero-order valence-electron chi connectivity index (χ0n) is 14.1. The number of rotatable bonds is 6. The third-order valence-corrected chi connectivity index (χ3v) is 5.57. The zero-order valence-corrected chi connectivity index (χ0v) is 15.7. The number of carbonyl (C=O) groups is 1. The van der Waals surface area contributed by atoms with Crippen molar-refractivity contribution in [3.8, 4) is 10.6 Å². The van der Waals surface area contributed by atoms with Crippen molar-refractivity contribution in [2.24, 2.45) is 0 Å². The lowest BCUT2D eigenvalue weighted by molar-refractivity contribution is 0.244. The molecule has 5 nitrogen and oxygen atoms in total. The number of thiazole rings is 1. The zero-order chi connectivity index (χ0) is 17.6. The molecule has 2 aromatic heterocycles. The Kier molecular flexibility index (Phi) is 5.80. The van der Waals surface area contributed by atoms with E-state index in [1.807, 2.05) is 49.8 Å². The molecule has 0 spiro atoms. The fourth-order valence-electron chi connectivity index (χ4n) is 2.45. The second-order valence-corrected chi connectivity index (χ2v) is 7.62. The van der Waals surface area contributed by atoms with Crippen LogP contribution in [-0.4, -0.2) is 36.6 Å². The number of nitrogens with zero attached hydrogens (tertiary/aromatic N) is 2. The number of thiophene rings is 1. The molecule has 130 valence electrons. The van der Waals surface area contributed by atoms with Crippen LogP contribution in [0.25, 0.3) is 10.6 Å². The molecule has 25 heavy (non-hydrogen) atoms. The number of nitrogens with one attached hydrogen (secondary N) is 2. The number of likely N-dealkylation sites (N-methyl/N-ethyl adjacent to an activating group) is 1. The summed E-state index contributed by atoms with van der Waals surface area (Å²) in [7, 11) is 4.03. The van der Waals surface area contributed by atoms with E-state index in [0.717, 1.165) is 16.3 Å². The van der Waals surface area contributed by atoms with Gasteiger partial charge in [0.1, 0.15) is 5.01 Å². The Morgan fingerprint density at radius 3 is 2.56 bits per heavy atom. The maximum absolute atomic E-state index is 12.2. The first-order chi connectivity index (χ1) is 12.1. The number of benzene rings is 1. The lowest BCUT2D eigenvalue weighted by atomic mass is 10.2. The normalized spacial score (nSPS) is 12.1. The largest absolute Gasteiger partial charge is 0.336 e. The van der Waals surface area contributed by atoms with Crippen molar-refractivity contribution in [3.05, 3.63) is 58.2 Å². The Hall–Kier alpha value is -2.22. The SMILES string of the molecule is CN(C)C(CNC(=O)Nc1ccc(-c2nccs2)cc1)c1cccs1. The highest BCUT2D eigenvalue weighted by molar-refractivity contribution is 7.13. The van der Waals surface area contributed by atoms with Crippen molar-refractivity contribution < 1.29 is 4.79 Å². The van der Waals surface area contributed by atoms with Crippen LogP contribution in [0, 0.1) is 0 Å². The van der Waals surface area contributed by atoms with Gasteiger partial charge in [0.05, 0.1) is 6.04 Å². The first-order valence-corrected chi connectivity index (χ1v) is 9.64. The van der Waals surface area contributed by atoms with Gasteiger partial charge in [0, 0.05) is 34.2 Å². The molecule has 0 aliphatic rings. The van der Waals surface area contributed by atoms with E-state index in [2.05, 4.69) is 32.0 Å². The summed E-state index contributed by atoms with van der Waals surface area (Å²) in [4.78, 5) is 19.8. The van der Waals surface area contributed by atoms with E-state index in [1.54, 1.807) is 28.9 Å². The Labute approximate surface area is 155 Å². The number of anilines is 1. The Morgan fingerprint density at radius 1 is 1.16 bits per heavy atom. The molecule has 7 heteroatoms. The Balaban J connectivity index is 1.55. The van der Waals surface area contributed by atoms with Crippen LogP contribution in [0.4, 0.5) is 10.5 Å². The number of hydrogen-bond acceptors (Lipinski definition) is 5. The molecule has 1 unspecified atom stereocenters. The summed E-state index contributed by atoms with van der Waals surface area (Å²) >= 11 is 3.29. The fraction of sp³-hybridized carbons (Fsp3) is 0.222. The molecule has 0 saturated carbocycles. The maximum atomic E-state index is 12.2. The molecule has 2 amide bonds. The minimum atomic E-state index is -0.203. The number of urea groups is 1. The van der Waals surface area contributed by atoms with Crippen molar-refractivity contribution >= 4 is 34.4 Å². The predicted molar refractivity (Wildman–Crippen MR) is 105 cm³/mol. The Morgan fingerprint density at radius 2 is 1.96 bits per heavy atom. The number of aromatic nitrogens is 1. The van der Waals surface area contributed by atoms with Gasteiger partial charge in [-0.2, -0.15) is 0 Å². The van der Waals surface area contributed by atoms with E-state index in [4.69, 9.17) is 0 Å². The average molecular weight is 373 g/mol. The molecule has 0 fully saturated rings. The maximum Gasteiger partial charge on any atom is 0.319 e. The van der Waals surface area contributed by atoms with Crippen molar-refractivity contribution in [1.82, 2.24) is 15.2 Å². The van der Waals surface area contributed by atoms with Gasteiger partial charge >= 0.3 is 6.03 Å². The van der Waals surface area contributed by atoms with E-state index in [0.29, 0.717) is 6.54 Å². The van der Waals surface area contributed by atoms with Crippen molar-refractivity contribution in [3.63, 3.8) is 0 Å². The predicted octanol–water partition coefficient (Wildman–Crippen LogP) is 4.30. The van der Waals surface area contributed by atoms with E-state index >= 15 is 0 Å². The van der Waals surface area contributed by atoms with Gasteiger partial charge in [-0.25, -0.2) is 9.78 Å². The van der Waals surface area contributed by atoms with Crippen LogP contribution in [-0.2, 0) is 0 Å². The topological polar surface area (TPSA) is 57.3 Å². The van der Waals surface area contributed by atoms with Gasteiger partial charge in [-0.15, -0.1) is 22.7 Å². The molecule has 1 atom stereocenters. The number of amides is 2. The molecule has 2 N–H and O–H groups in total. The van der Waals surface area contributed by atoms with Gasteiger partial charge in [0.15, 0.2) is 0 Å². The second-order valence-electron chi connectivity index (χ2n) is 5.74. The molecule has 3 rings (SSSR count). The highest BCUT2D eigenvalue weighted by atomic mass is 32.1. The number of carbonyl (C=O) groups excluding carboxylic acids is 1. The molecule has 0 radical (unpaired) electrons. The molecule has 3 aromatic rings. The summed E-state index contributed by atoms with van der Waals surface area (Å²) < 4.78 is 0. The van der Waals surface area contributed by atoms with Gasteiger partial charge < -0.3 is 15.5 Å². The van der Waals surface area contributed by atoms with Crippen LogP contribution >= 0.6 is 22.7 Å². The van der Waals surface area contributed by atoms with Crippen molar-refractivity contribution in [1.29, 1.82) is 0 Å².